The highest BCUT2D eigenvalue weighted by Crippen LogP contribution is 2.30. The molecule has 1 unspecified atom stereocenters. The molecule has 0 bridgehead atoms. The van der Waals surface area contributed by atoms with Gasteiger partial charge in [0, 0.05) is 10.0 Å². The van der Waals surface area contributed by atoms with E-state index in [4.69, 9.17) is 27.9 Å². The first kappa shape index (κ1) is 19.6. The van der Waals surface area contributed by atoms with Gasteiger partial charge >= 0.3 is 0 Å². The SMILES string of the molecule is COc1ccc(CC(=O)NS(=O)(=O)C(C)c2ccc(Cl)cc2Cl)cc1. The summed E-state index contributed by atoms with van der Waals surface area (Å²) in [5.41, 5.74) is 1.04. The Bertz CT molecular complexity index is 867. The minimum Gasteiger partial charge on any atom is -0.497 e. The molecule has 0 aliphatic rings. The average Bonchev–Trinajstić information content (AvgIpc) is 2.54. The molecule has 2 aromatic carbocycles. The maximum absolute atomic E-state index is 12.4. The fraction of sp³-hybridized carbons (Fsp3) is 0.235. The van der Waals surface area contributed by atoms with Gasteiger partial charge in [0.1, 0.15) is 11.0 Å². The van der Waals surface area contributed by atoms with Crippen molar-refractivity contribution in [1.29, 1.82) is 0 Å². The van der Waals surface area contributed by atoms with Crippen LogP contribution in [0.4, 0.5) is 0 Å². The lowest BCUT2D eigenvalue weighted by atomic mass is 10.1. The van der Waals surface area contributed by atoms with Crippen molar-refractivity contribution < 1.29 is 17.9 Å². The fourth-order valence-electron chi connectivity index (χ4n) is 2.21. The second-order valence-corrected chi connectivity index (χ2v) is 8.25. The van der Waals surface area contributed by atoms with Gasteiger partial charge in [0.05, 0.1) is 13.5 Å². The minimum atomic E-state index is -3.93. The number of carbonyl (C=O) groups excluding carboxylic acids is 1. The molecule has 1 atom stereocenters. The Morgan fingerprint density at radius 2 is 1.80 bits per heavy atom. The van der Waals surface area contributed by atoms with Gasteiger partial charge in [-0.1, -0.05) is 41.4 Å². The van der Waals surface area contributed by atoms with Crippen LogP contribution in [-0.4, -0.2) is 21.4 Å². The summed E-state index contributed by atoms with van der Waals surface area (Å²) in [6.45, 7) is 1.46. The monoisotopic (exact) mass is 401 g/mol. The number of halogens is 2. The fourth-order valence-corrected chi connectivity index (χ4v) is 3.95. The average molecular weight is 402 g/mol. The van der Waals surface area contributed by atoms with E-state index in [1.165, 1.54) is 26.2 Å². The number of ether oxygens (including phenoxy) is 1. The third-order valence-electron chi connectivity index (χ3n) is 3.65. The van der Waals surface area contributed by atoms with Gasteiger partial charge in [0.2, 0.25) is 15.9 Å². The lowest BCUT2D eigenvalue weighted by Crippen LogP contribution is -2.34. The van der Waals surface area contributed by atoms with Crippen molar-refractivity contribution in [2.24, 2.45) is 0 Å². The van der Waals surface area contributed by atoms with Crippen molar-refractivity contribution >= 4 is 39.1 Å². The number of methoxy groups -OCH3 is 1. The molecule has 2 rings (SSSR count). The van der Waals surface area contributed by atoms with Crippen LogP contribution in [0, 0.1) is 0 Å². The third kappa shape index (κ3) is 5.11. The summed E-state index contributed by atoms with van der Waals surface area (Å²) in [4.78, 5) is 12.1. The molecular weight excluding hydrogens is 385 g/mol. The van der Waals surface area contributed by atoms with E-state index in [1.54, 1.807) is 30.3 Å². The first-order valence-electron chi connectivity index (χ1n) is 7.35. The highest BCUT2D eigenvalue weighted by molar-refractivity contribution is 7.90. The second kappa shape index (κ2) is 8.08. The molecule has 0 fully saturated rings. The van der Waals surface area contributed by atoms with Crippen LogP contribution in [0.2, 0.25) is 10.0 Å². The number of hydrogen-bond donors (Lipinski definition) is 1. The molecular formula is C17H17Cl2NO4S. The van der Waals surface area contributed by atoms with Gasteiger partial charge in [-0.05, 0) is 42.3 Å². The van der Waals surface area contributed by atoms with Crippen LogP contribution in [0.3, 0.4) is 0 Å². The number of amides is 1. The van der Waals surface area contributed by atoms with Crippen molar-refractivity contribution in [1.82, 2.24) is 4.72 Å². The van der Waals surface area contributed by atoms with E-state index < -0.39 is 21.2 Å². The van der Waals surface area contributed by atoms with E-state index in [0.717, 1.165) is 0 Å². The van der Waals surface area contributed by atoms with E-state index >= 15 is 0 Å². The number of rotatable bonds is 6. The van der Waals surface area contributed by atoms with E-state index in [2.05, 4.69) is 4.72 Å². The molecule has 2 aromatic rings. The maximum atomic E-state index is 12.4. The molecule has 134 valence electrons. The van der Waals surface area contributed by atoms with Crippen molar-refractivity contribution in [3.8, 4) is 5.75 Å². The van der Waals surface area contributed by atoms with E-state index in [0.29, 0.717) is 21.9 Å². The molecule has 0 aromatic heterocycles. The molecule has 0 saturated carbocycles. The van der Waals surface area contributed by atoms with Crippen LogP contribution in [0.1, 0.15) is 23.3 Å². The summed E-state index contributed by atoms with van der Waals surface area (Å²) in [5, 5.41) is -0.369. The normalized spacial score (nSPS) is 12.5. The first-order valence-corrected chi connectivity index (χ1v) is 9.65. The van der Waals surface area contributed by atoms with Crippen LogP contribution in [-0.2, 0) is 21.2 Å². The summed E-state index contributed by atoms with van der Waals surface area (Å²) < 4.78 is 32.0. The summed E-state index contributed by atoms with van der Waals surface area (Å²) >= 11 is 11.9. The summed E-state index contributed by atoms with van der Waals surface area (Å²) in [6.07, 6.45) is -0.0652. The number of nitrogens with one attached hydrogen (secondary N) is 1. The molecule has 8 heteroatoms. The summed E-state index contributed by atoms with van der Waals surface area (Å²) in [7, 11) is -2.39. The quantitative estimate of drug-likeness (QED) is 0.799. The molecule has 1 N–H and O–H groups in total. The Labute approximate surface area is 157 Å². The van der Waals surface area contributed by atoms with E-state index in [9.17, 15) is 13.2 Å². The van der Waals surface area contributed by atoms with Crippen molar-refractivity contribution in [2.45, 2.75) is 18.6 Å². The smallest absolute Gasteiger partial charge is 0.241 e. The van der Waals surface area contributed by atoms with E-state index in [-0.39, 0.29) is 11.4 Å². The zero-order valence-corrected chi connectivity index (χ0v) is 16.0. The minimum absolute atomic E-state index is 0.0652. The van der Waals surface area contributed by atoms with Crippen LogP contribution in [0.25, 0.3) is 0 Å². The molecule has 1 amide bonds. The molecule has 0 radical (unpaired) electrons. The first-order chi connectivity index (χ1) is 11.7. The Balaban J connectivity index is 2.09. The zero-order chi connectivity index (χ0) is 18.6. The lowest BCUT2D eigenvalue weighted by molar-refractivity contribution is -0.118. The van der Waals surface area contributed by atoms with Gasteiger partial charge in [-0.15, -0.1) is 0 Å². The predicted octanol–water partition coefficient (Wildman–Crippen LogP) is 3.75. The van der Waals surface area contributed by atoms with Crippen molar-refractivity contribution in [3.05, 3.63) is 63.6 Å². The maximum Gasteiger partial charge on any atom is 0.241 e. The Kier molecular flexibility index (Phi) is 6.32. The Morgan fingerprint density at radius 3 is 2.36 bits per heavy atom. The Morgan fingerprint density at radius 1 is 1.16 bits per heavy atom. The molecule has 0 aliphatic heterocycles. The van der Waals surface area contributed by atoms with E-state index in [1.807, 2.05) is 0 Å². The van der Waals surface area contributed by atoms with Gasteiger partial charge in [-0.25, -0.2) is 8.42 Å². The van der Waals surface area contributed by atoms with Gasteiger partial charge in [-0.3, -0.25) is 9.52 Å². The van der Waals surface area contributed by atoms with Crippen molar-refractivity contribution in [2.75, 3.05) is 7.11 Å². The topological polar surface area (TPSA) is 72.5 Å². The van der Waals surface area contributed by atoms with Crippen molar-refractivity contribution in [3.63, 3.8) is 0 Å². The predicted molar refractivity (Wildman–Crippen MR) is 98.6 cm³/mol. The summed E-state index contributed by atoms with van der Waals surface area (Å²) in [6, 6.07) is 11.3. The van der Waals surface area contributed by atoms with Gasteiger partial charge in [0.25, 0.3) is 0 Å². The molecule has 0 spiro atoms. The second-order valence-electron chi connectivity index (χ2n) is 5.40. The number of sulfonamides is 1. The number of carbonyl (C=O) groups is 1. The van der Waals surface area contributed by atoms with Crippen LogP contribution >= 0.6 is 23.2 Å². The zero-order valence-electron chi connectivity index (χ0n) is 13.6. The van der Waals surface area contributed by atoms with Gasteiger partial charge < -0.3 is 4.74 Å². The van der Waals surface area contributed by atoms with Crippen LogP contribution in [0.5, 0.6) is 5.75 Å². The molecule has 5 nitrogen and oxygen atoms in total. The molecule has 0 aliphatic carbocycles. The highest BCUT2D eigenvalue weighted by atomic mass is 35.5. The highest BCUT2D eigenvalue weighted by Gasteiger charge is 2.26. The Hall–Kier alpha value is -1.76. The molecule has 25 heavy (non-hydrogen) atoms. The lowest BCUT2D eigenvalue weighted by Gasteiger charge is -2.16. The molecule has 0 heterocycles. The number of benzene rings is 2. The van der Waals surface area contributed by atoms with Gasteiger partial charge in [0.15, 0.2) is 0 Å². The number of hydrogen-bond acceptors (Lipinski definition) is 4. The van der Waals surface area contributed by atoms with Gasteiger partial charge in [-0.2, -0.15) is 0 Å². The summed E-state index contributed by atoms with van der Waals surface area (Å²) in [5.74, 6) is 0.0323. The van der Waals surface area contributed by atoms with Crippen LogP contribution in [0.15, 0.2) is 42.5 Å². The largest absolute Gasteiger partial charge is 0.497 e. The third-order valence-corrected chi connectivity index (χ3v) is 5.91. The van der Waals surface area contributed by atoms with Crippen LogP contribution < -0.4 is 9.46 Å². The molecule has 0 saturated heterocycles. The standard InChI is InChI=1S/C17H17Cl2NO4S/c1-11(15-8-5-13(18)10-16(15)19)25(22,23)20-17(21)9-12-3-6-14(24-2)7-4-12/h3-8,10-11H,9H2,1-2H3,(H,20,21).